The molecule has 0 saturated heterocycles. The molecule has 2 aromatic rings. The SMILES string of the molecule is Cc1ccc(OCCCCN(C)Cc2ccccc2)c(C)c1.O=C(O)C(=O)O. The lowest BCUT2D eigenvalue weighted by molar-refractivity contribution is -0.159. The Kier molecular flexibility index (Phi) is 10.4. The van der Waals surface area contributed by atoms with E-state index in [2.05, 4.69) is 74.3 Å². The second-order valence-corrected chi connectivity index (χ2v) is 6.66. The van der Waals surface area contributed by atoms with Gasteiger partial charge in [0.2, 0.25) is 0 Å². The smallest absolute Gasteiger partial charge is 0.414 e. The van der Waals surface area contributed by atoms with E-state index in [4.69, 9.17) is 24.5 Å². The highest BCUT2D eigenvalue weighted by atomic mass is 16.5. The minimum atomic E-state index is -1.82. The van der Waals surface area contributed by atoms with Gasteiger partial charge in [-0.1, -0.05) is 48.0 Å². The van der Waals surface area contributed by atoms with Crippen LogP contribution in [0, 0.1) is 13.8 Å². The number of hydrogen-bond donors (Lipinski definition) is 2. The maximum atomic E-state index is 9.10. The number of hydrogen-bond acceptors (Lipinski definition) is 4. The molecule has 0 spiro atoms. The van der Waals surface area contributed by atoms with Crippen molar-refractivity contribution in [1.29, 1.82) is 0 Å². The van der Waals surface area contributed by atoms with E-state index in [0.717, 1.165) is 38.3 Å². The molecule has 0 aliphatic heterocycles. The molecule has 0 amide bonds. The molecule has 28 heavy (non-hydrogen) atoms. The molecule has 0 aliphatic carbocycles. The van der Waals surface area contributed by atoms with Crippen LogP contribution >= 0.6 is 0 Å². The third-order valence-corrected chi connectivity index (χ3v) is 4.00. The van der Waals surface area contributed by atoms with Crippen molar-refractivity contribution in [1.82, 2.24) is 4.90 Å². The number of carboxylic acid groups (broad SMARTS) is 2. The summed E-state index contributed by atoms with van der Waals surface area (Å²) in [6.07, 6.45) is 2.25. The number of unbranched alkanes of at least 4 members (excludes halogenated alkanes) is 1. The van der Waals surface area contributed by atoms with Gasteiger partial charge in [0, 0.05) is 6.54 Å². The first kappa shape index (κ1) is 23.2. The minimum Gasteiger partial charge on any atom is -0.493 e. The van der Waals surface area contributed by atoms with Gasteiger partial charge in [0.25, 0.3) is 0 Å². The van der Waals surface area contributed by atoms with Gasteiger partial charge in [-0.05, 0) is 57.5 Å². The van der Waals surface area contributed by atoms with E-state index < -0.39 is 11.9 Å². The largest absolute Gasteiger partial charge is 0.493 e. The van der Waals surface area contributed by atoms with E-state index in [1.54, 1.807) is 0 Å². The maximum Gasteiger partial charge on any atom is 0.414 e. The lowest BCUT2D eigenvalue weighted by atomic mass is 10.1. The topological polar surface area (TPSA) is 87.1 Å². The highest BCUT2D eigenvalue weighted by Gasteiger charge is 2.04. The Morgan fingerprint density at radius 3 is 2.18 bits per heavy atom. The molecule has 0 heterocycles. The molecular formula is C22H29NO5. The number of aryl methyl sites for hydroxylation is 2. The van der Waals surface area contributed by atoms with Crippen LogP contribution in [0.1, 0.15) is 29.5 Å². The zero-order chi connectivity index (χ0) is 20.9. The van der Waals surface area contributed by atoms with Gasteiger partial charge < -0.3 is 19.8 Å². The summed E-state index contributed by atoms with van der Waals surface area (Å²) in [5.41, 5.74) is 3.88. The van der Waals surface area contributed by atoms with Crippen molar-refractivity contribution in [3.05, 3.63) is 65.2 Å². The molecule has 6 nitrogen and oxygen atoms in total. The number of aliphatic carboxylic acids is 2. The van der Waals surface area contributed by atoms with Crippen molar-refractivity contribution in [2.75, 3.05) is 20.2 Å². The van der Waals surface area contributed by atoms with Crippen LogP contribution in [0.15, 0.2) is 48.5 Å². The van der Waals surface area contributed by atoms with E-state index in [9.17, 15) is 0 Å². The first-order chi connectivity index (χ1) is 13.3. The number of ether oxygens (including phenoxy) is 1. The van der Waals surface area contributed by atoms with E-state index >= 15 is 0 Å². The summed E-state index contributed by atoms with van der Waals surface area (Å²) in [4.78, 5) is 20.6. The minimum absolute atomic E-state index is 0.795. The van der Waals surface area contributed by atoms with Crippen molar-refractivity contribution in [3.63, 3.8) is 0 Å². The lowest BCUT2D eigenvalue weighted by Gasteiger charge is -2.16. The molecule has 0 saturated carbocycles. The Morgan fingerprint density at radius 1 is 0.964 bits per heavy atom. The standard InChI is InChI=1S/C20H27NO.C2H2O4/c1-17-11-12-20(18(2)15-17)22-14-8-7-13-21(3)16-19-9-5-4-6-10-19;3-1(4)2(5)6/h4-6,9-12,15H,7-8,13-14,16H2,1-3H3;(H,3,4)(H,5,6). The van der Waals surface area contributed by atoms with E-state index in [-0.39, 0.29) is 0 Å². The van der Waals surface area contributed by atoms with Gasteiger partial charge in [-0.3, -0.25) is 0 Å². The van der Waals surface area contributed by atoms with Gasteiger partial charge in [0.15, 0.2) is 0 Å². The maximum absolute atomic E-state index is 9.10. The van der Waals surface area contributed by atoms with Gasteiger partial charge >= 0.3 is 11.9 Å². The van der Waals surface area contributed by atoms with Crippen molar-refractivity contribution in [3.8, 4) is 5.75 Å². The van der Waals surface area contributed by atoms with Gasteiger partial charge in [-0.15, -0.1) is 0 Å². The van der Waals surface area contributed by atoms with Crippen LogP contribution in [0.5, 0.6) is 5.75 Å². The predicted molar refractivity (Wildman–Crippen MR) is 109 cm³/mol. The van der Waals surface area contributed by atoms with E-state index in [0.29, 0.717) is 0 Å². The molecule has 2 rings (SSSR count). The van der Waals surface area contributed by atoms with Crippen molar-refractivity contribution < 1.29 is 24.5 Å². The molecule has 6 heteroatoms. The zero-order valence-corrected chi connectivity index (χ0v) is 16.7. The normalized spacial score (nSPS) is 10.1. The summed E-state index contributed by atoms with van der Waals surface area (Å²) < 4.78 is 5.87. The van der Waals surface area contributed by atoms with Crippen molar-refractivity contribution in [2.24, 2.45) is 0 Å². The van der Waals surface area contributed by atoms with Crippen LogP contribution < -0.4 is 4.74 Å². The fourth-order valence-corrected chi connectivity index (χ4v) is 2.60. The van der Waals surface area contributed by atoms with Gasteiger partial charge in [-0.2, -0.15) is 0 Å². The third-order valence-electron chi connectivity index (χ3n) is 4.00. The summed E-state index contributed by atoms with van der Waals surface area (Å²) >= 11 is 0. The highest BCUT2D eigenvalue weighted by molar-refractivity contribution is 6.27. The zero-order valence-electron chi connectivity index (χ0n) is 16.7. The Morgan fingerprint density at radius 2 is 1.61 bits per heavy atom. The number of rotatable bonds is 8. The molecule has 2 N–H and O–H groups in total. The van der Waals surface area contributed by atoms with Gasteiger partial charge in [0.1, 0.15) is 5.75 Å². The second-order valence-electron chi connectivity index (χ2n) is 6.66. The first-order valence-corrected chi connectivity index (χ1v) is 9.18. The fraction of sp³-hybridized carbons (Fsp3) is 0.364. The van der Waals surface area contributed by atoms with Crippen LogP contribution in [0.25, 0.3) is 0 Å². The Balaban J connectivity index is 0.000000568. The fourth-order valence-electron chi connectivity index (χ4n) is 2.60. The molecule has 0 unspecified atom stereocenters. The Labute approximate surface area is 166 Å². The second kappa shape index (κ2) is 12.5. The molecule has 0 radical (unpaired) electrons. The summed E-state index contributed by atoms with van der Waals surface area (Å²) in [6, 6.07) is 17.0. The molecule has 2 aromatic carbocycles. The monoisotopic (exact) mass is 387 g/mol. The predicted octanol–water partition coefficient (Wildman–Crippen LogP) is 3.75. The average molecular weight is 387 g/mol. The van der Waals surface area contributed by atoms with E-state index in [1.165, 1.54) is 16.7 Å². The van der Waals surface area contributed by atoms with Gasteiger partial charge in [0.05, 0.1) is 6.61 Å². The number of benzene rings is 2. The van der Waals surface area contributed by atoms with Crippen LogP contribution in [0.2, 0.25) is 0 Å². The Hall–Kier alpha value is -2.86. The summed E-state index contributed by atoms with van der Waals surface area (Å²) in [5, 5.41) is 14.8. The quantitative estimate of drug-likeness (QED) is 0.530. The summed E-state index contributed by atoms with van der Waals surface area (Å²) in [7, 11) is 2.18. The van der Waals surface area contributed by atoms with Crippen LogP contribution in [0.3, 0.4) is 0 Å². The molecule has 0 atom stereocenters. The van der Waals surface area contributed by atoms with Crippen molar-refractivity contribution in [2.45, 2.75) is 33.2 Å². The van der Waals surface area contributed by atoms with Crippen molar-refractivity contribution >= 4 is 11.9 Å². The Bertz CT molecular complexity index is 734. The average Bonchev–Trinajstić information content (AvgIpc) is 2.64. The number of nitrogens with zero attached hydrogens (tertiary/aromatic N) is 1. The molecule has 152 valence electrons. The molecular weight excluding hydrogens is 358 g/mol. The number of carbonyl (C=O) groups is 2. The van der Waals surface area contributed by atoms with Crippen LogP contribution in [0.4, 0.5) is 0 Å². The van der Waals surface area contributed by atoms with Crippen LogP contribution in [-0.4, -0.2) is 47.3 Å². The molecule has 0 aliphatic rings. The lowest BCUT2D eigenvalue weighted by Crippen LogP contribution is -2.19. The van der Waals surface area contributed by atoms with Crippen LogP contribution in [-0.2, 0) is 16.1 Å². The third kappa shape index (κ3) is 9.73. The summed E-state index contributed by atoms with van der Waals surface area (Å²) in [6.45, 7) is 7.13. The molecule has 0 fully saturated rings. The highest BCUT2D eigenvalue weighted by Crippen LogP contribution is 2.18. The van der Waals surface area contributed by atoms with Gasteiger partial charge in [-0.25, -0.2) is 9.59 Å². The first-order valence-electron chi connectivity index (χ1n) is 9.18. The number of carboxylic acids is 2. The molecule has 0 aromatic heterocycles. The molecule has 0 bridgehead atoms. The van der Waals surface area contributed by atoms with E-state index in [1.807, 2.05) is 0 Å². The summed E-state index contributed by atoms with van der Waals surface area (Å²) in [5.74, 6) is -2.63.